The number of rotatable bonds is 7. The van der Waals surface area contributed by atoms with E-state index >= 15 is 0 Å². The lowest BCUT2D eigenvalue weighted by Gasteiger charge is -2.08. The second-order valence-electron chi connectivity index (χ2n) is 4.77. The largest absolute Gasteiger partial charge is 0.493 e. The van der Waals surface area contributed by atoms with Crippen LogP contribution in [0.1, 0.15) is 12.0 Å². The fraction of sp³-hybridized carbons (Fsp3) is 0.235. The highest BCUT2D eigenvalue weighted by atomic mass is 35.5. The Morgan fingerprint density at radius 1 is 1.09 bits per heavy atom. The molecule has 0 aliphatic heterocycles. The van der Waals surface area contributed by atoms with Crippen molar-refractivity contribution >= 4 is 23.2 Å². The summed E-state index contributed by atoms with van der Waals surface area (Å²) >= 11 is 5.78. The van der Waals surface area contributed by atoms with Crippen molar-refractivity contribution in [2.45, 2.75) is 12.8 Å². The van der Waals surface area contributed by atoms with Crippen LogP contribution in [0, 0.1) is 0 Å². The van der Waals surface area contributed by atoms with Crippen molar-refractivity contribution in [2.24, 2.45) is 0 Å². The van der Waals surface area contributed by atoms with E-state index in [0.717, 1.165) is 11.3 Å². The summed E-state index contributed by atoms with van der Waals surface area (Å²) < 4.78 is 5.47. The zero-order valence-electron chi connectivity index (χ0n) is 12.1. The van der Waals surface area contributed by atoms with Crippen molar-refractivity contribution in [1.82, 2.24) is 0 Å². The number of ether oxygens (including phenoxy) is 1. The number of carbonyl (C=O) groups is 1. The van der Waals surface area contributed by atoms with Crippen LogP contribution in [-0.2, 0) is 11.2 Å². The van der Waals surface area contributed by atoms with Gasteiger partial charge in [0.1, 0.15) is 5.75 Å². The zero-order chi connectivity index (χ0) is 15.8. The molecule has 0 bridgehead atoms. The van der Waals surface area contributed by atoms with Crippen LogP contribution in [0.4, 0.5) is 5.69 Å². The average Bonchev–Trinajstić information content (AvgIpc) is 2.51. The quantitative estimate of drug-likeness (QED) is 0.823. The molecule has 2 N–H and O–H groups in total. The molecule has 0 unspecified atom stereocenters. The zero-order valence-corrected chi connectivity index (χ0v) is 12.8. The molecular weight excluding hydrogens is 302 g/mol. The highest BCUT2D eigenvalue weighted by molar-refractivity contribution is 6.30. The monoisotopic (exact) mass is 319 g/mol. The minimum atomic E-state index is -0.108. The lowest BCUT2D eigenvalue weighted by molar-refractivity contribution is -0.116. The van der Waals surface area contributed by atoms with E-state index in [4.69, 9.17) is 21.4 Å². The van der Waals surface area contributed by atoms with Crippen LogP contribution < -0.4 is 10.1 Å². The molecule has 0 saturated heterocycles. The Morgan fingerprint density at radius 2 is 1.77 bits per heavy atom. The van der Waals surface area contributed by atoms with Gasteiger partial charge in [0.05, 0.1) is 13.0 Å². The van der Waals surface area contributed by atoms with Gasteiger partial charge in [-0.15, -0.1) is 0 Å². The number of aliphatic hydroxyl groups is 1. The number of carbonyl (C=O) groups excluding carboxylic acids is 1. The molecule has 2 aromatic carbocycles. The van der Waals surface area contributed by atoms with Crippen molar-refractivity contribution in [2.75, 3.05) is 18.5 Å². The van der Waals surface area contributed by atoms with Gasteiger partial charge in [0.2, 0.25) is 5.91 Å². The molecule has 0 aromatic heterocycles. The van der Waals surface area contributed by atoms with E-state index in [1.54, 1.807) is 24.3 Å². The summed E-state index contributed by atoms with van der Waals surface area (Å²) in [5.41, 5.74) is 1.77. The maximum Gasteiger partial charge on any atom is 0.227 e. The summed E-state index contributed by atoms with van der Waals surface area (Å²) in [6.45, 7) is 0.420. The average molecular weight is 320 g/mol. The van der Waals surface area contributed by atoms with E-state index in [9.17, 15) is 4.79 Å². The molecule has 0 fully saturated rings. The van der Waals surface area contributed by atoms with E-state index in [1.165, 1.54) is 0 Å². The molecule has 0 saturated carbocycles. The van der Waals surface area contributed by atoms with Crippen molar-refractivity contribution in [3.05, 3.63) is 59.1 Å². The highest BCUT2D eigenvalue weighted by Crippen LogP contribution is 2.16. The van der Waals surface area contributed by atoms with Crippen molar-refractivity contribution in [3.8, 4) is 5.75 Å². The summed E-state index contributed by atoms with van der Waals surface area (Å²) in [7, 11) is 0. The SMILES string of the molecule is O=C(CCOc1ccc(Cl)cc1)Nc1ccc(CCO)cc1. The van der Waals surface area contributed by atoms with Crippen LogP contribution in [0.5, 0.6) is 5.75 Å². The number of aliphatic hydroxyl groups excluding tert-OH is 1. The fourth-order valence-electron chi connectivity index (χ4n) is 1.90. The van der Waals surface area contributed by atoms with Crippen LogP contribution in [0.2, 0.25) is 5.02 Å². The third-order valence-corrected chi connectivity index (χ3v) is 3.30. The predicted molar refractivity (Wildman–Crippen MR) is 87.4 cm³/mol. The molecule has 0 atom stereocenters. The Kier molecular flexibility index (Phi) is 6.25. The van der Waals surface area contributed by atoms with Gasteiger partial charge in [-0.1, -0.05) is 23.7 Å². The van der Waals surface area contributed by atoms with Crippen molar-refractivity contribution < 1.29 is 14.6 Å². The third-order valence-electron chi connectivity index (χ3n) is 3.05. The topological polar surface area (TPSA) is 58.6 Å². The van der Waals surface area contributed by atoms with E-state index in [1.807, 2.05) is 24.3 Å². The summed E-state index contributed by atoms with van der Waals surface area (Å²) in [4.78, 5) is 11.8. The second kappa shape index (κ2) is 8.41. The molecule has 0 aliphatic carbocycles. The molecule has 0 heterocycles. The molecule has 2 aromatic rings. The van der Waals surface area contributed by atoms with Gasteiger partial charge in [-0.25, -0.2) is 0 Å². The predicted octanol–water partition coefficient (Wildman–Crippen LogP) is 3.28. The minimum Gasteiger partial charge on any atom is -0.493 e. The Morgan fingerprint density at radius 3 is 2.41 bits per heavy atom. The number of hydrogen-bond donors (Lipinski definition) is 2. The van der Waals surface area contributed by atoms with Gasteiger partial charge in [0, 0.05) is 17.3 Å². The number of nitrogens with one attached hydrogen (secondary N) is 1. The maximum absolute atomic E-state index is 11.8. The van der Waals surface area contributed by atoms with Crippen LogP contribution in [-0.4, -0.2) is 24.2 Å². The van der Waals surface area contributed by atoms with E-state index in [2.05, 4.69) is 5.32 Å². The van der Waals surface area contributed by atoms with Crippen LogP contribution in [0.15, 0.2) is 48.5 Å². The molecule has 1 amide bonds. The number of hydrogen-bond acceptors (Lipinski definition) is 3. The molecule has 116 valence electrons. The summed E-state index contributed by atoms with van der Waals surface area (Å²) in [6, 6.07) is 14.4. The minimum absolute atomic E-state index is 0.108. The van der Waals surface area contributed by atoms with E-state index < -0.39 is 0 Å². The number of amides is 1. The van der Waals surface area contributed by atoms with E-state index in [0.29, 0.717) is 23.8 Å². The van der Waals surface area contributed by atoms with Gasteiger partial charge < -0.3 is 15.2 Å². The van der Waals surface area contributed by atoms with Gasteiger partial charge in [-0.3, -0.25) is 4.79 Å². The van der Waals surface area contributed by atoms with Gasteiger partial charge in [0.25, 0.3) is 0 Å². The first kappa shape index (κ1) is 16.3. The van der Waals surface area contributed by atoms with Crippen LogP contribution >= 0.6 is 11.6 Å². The molecule has 2 rings (SSSR count). The Bertz CT molecular complexity index is 596. The Labute approximate surface area is 134 Å². The first-order chi connectivity index (χ1) is 10.7. The highest BCUT2D eigenvalue weighted by Gasteiger charge is 2.03. The van der Waals surface area contributed by atoms with Gasteiger partial charge in [0.15, 0.2) is 0 Å². The lowest BCUT2D eigenvalue weighted by Crippen LogP contribution is -2.15. The molecule has 0 radical (unpaired) electrons. The Hall–Kier alpha value is -2.04. The standard InChI is InChI=1S/C17H18ClNO3/c18-14-3-7-16(8-4-14)22-12-10-17(21)19-15-5-1-13(2-6-15)9-11-20/h1-8,20H,9-12H2,(H,19,21). The molecule has 0 aliphatic rings. The fourth-order valence-corrected chi connectivity index (χ4v) is 2.03. The lowest BCUT2D eigenvalue weighted by atomic mass is 10.1. The maximum atomic E-state index is 11.8. The molecular formula is C17H18ClNO3. The van der Waals surface area contributed by atoms with Crippen molar-refractivity contribution in [3.63, 3.8) is 0 Å². The number of anilines is 1. The molecule has 0 spiro atoms. The summed E-state index contributed by atoms with van der Waals surface area (Å²) in [5.74, 6) is 0.578. The van der Waals surface area contributed by atoms with Crippen LogP contribution in [0.3, 0.4) is 0 Å². The molecule has 22 heavy (non-hydrogen) atoms. The smallest absolute Gasteiger partial charge is 0.227 e. The second-order valence-corrected chi connectivity index (χ2v) is 5.21. The number of halogens is 1. The normalized spacial score (nSPS) is 10.3. The van der Waals surface area contributed by atoms with Crippen molar-refractivity contribution in [1.29, 1.82) is 0 Å². The number of benzene rings is 2. The van der Waals surface area contributed by atoms with E-state index in [-0.39, 0.29) is 18.9 Å². The summed E-state index contributed by atoms with van der Waals surface area (Å²) in [6.07, 6.45) is 0.879. The van der Waals surface area contributed by atoms with Gasteiger partial charge >= 0.3 is 0 Å². The first-order valence-electron chi connectivity index (χ1n) is 7.05. The Balaban J connectivity index is 1.74. The third kappa shape index (κ3) is 5.39. The molecule has 5 heteroatoms. The summed E-state index contributed by atoms with van der Waals surface area (Å²) in [5, 5.41) is 12.3. The first-order valence-corrected chi connectivity index (χ1v) is 7.43. The van der Waals surface area contributed by atoms with Gasteiger partial charge in [-0.2, -0.15) is 0 Å². The molecule has 4 nitrogen and oxygen atoms in total. The van der Waals surface area contributed by atoms with Crippen LogP contribution in [0.25, 0.3) is 0 Å². The van der Waals surface area contributed by atoms with Gasteiger partial charge in [-0.05, 0) is 48.4 Å².